The molecule has 7 nitrogen and oxygen atoms in total. The molecule has 0 atom stereocenters. The van der Waals surface area contributed by atoms with Gasteiger partial charge in [0.2, 0.25) is 11.7 Å². The molecule has 2 amide bonds. The van der Waals surface area contributed by atoms with Crippen LogP contribution in [0.25, 0.3) is 11.5 Å². The second-order valence-corrected chi connectivity index (χ2v) is 5.05. The number of rotatable bonds is 5. The summed E-state index contributed by atoms with van der Waals surface area (Å²) in [6, 6.07) is 12.0. The number of nitrogens with zero attached hydrogens (tertiary/aromatic N) is 1. The average molecular weight is 325 g/mol. The van der Waals surface area contributed by atoms with Crippen LogP contribution in [0, 0.1) is 0 Å². The Kier molecular flexibility index (Phi) is 4.42. The van der Waals surface area contributed by atoms with Gasteiger partial charge in [-0.2, -0.15) is 0 Å². The molecular formula is C17H15N3O4. The first-order chi connectivity index (χ1) is 11.7. The lowest BCUT2D eigenvalue weighted by atomic mass is 10.1. The van der Waals surface area contributed by atoms with Gasteiger partial charge in [0.1, 0.15) is 0 Å². The molecule has 2 heterocycles. The van der Waals surface area contributed by atoms with Gasteiger partial charge in [-0.25, -0.2) is 0 Å². The Morgan fingerprint density at radius 3 is 2.58 bits per heavy atom. The minimum absolute atomic E-state index is 0.0696. The second-order valence-electron chi connectivity index (χ2n) is 5.05. The van der Waals surface area contributed by atoms with Crippen molar-refractivity contribution in [2.24, 2.45) is 0 Å². The van der Waals surface area contributed by atoms with Crippen LogP contribution in [0.4, 0.5) is 5.69 Å². The number of hydrogen-bond donors (Lipinski definition) is 2. The molecule has 0 spiro atoms. The van der Waals surface area contributed by atoms with E-state index in [0.29, 0.717) is 23.6 Å². The number of furan rings is 1. The van der Waals surface area contributed by atoms with Crippen molar-refractivity contribution in [2.45, 2.75) is 6.42 Å². The van der Waals surface area contributed by atoms with Gasteiger partial charge in [0.25, 0.3) is 5.91 Å². The fourth-order valence-corrected chi connectivity index (χ4v) is 2.09. The zero-order valence-electron chi connectivity index (χ0n) is 12.9. The van der Waals surface area contributed by atoms with E-state index >= 15 is 0 Å². The molecule has 24 heavy (non-hydrogen) atoms. The fourth-order valence-electron chi connectivity index (χ4n) is 2.09. The SMILES string of the molecule is CNC(=O)Cc1ccc(NC(=O)c2cc(-c3ccco3)on2)cc1. The quantitative estimate of drug-likeness (QED) is 0.751. The van der Waals surface area contributed by atoms with Crippen LogP contribution in [0.2, 0.25) is 0 Å². The minimum atomic E-state index is -0.393. The van der Waals surface area contributed by atoms with E-state index in [1.165, 1.54) is 12.3 Å². The lowest BCUT2D eigenvalue weighted by molar-refractivity contribution is -0.119. The third kappa shape index (κ3) is 3.52. The highest BCUT2D eigenvalue weighted by molar-refractivity contribution is 6.03. The molecule has 0 bridgehead atoms. The lowest BCUT2D eigenvalue weighted by Crippen LogP contribution is -2.19. The summed E-state index contributed by atoms with van der Waals surface area (Å²) in [4.78, 5) is 23.5. The summed E-state index contributed by atoms with van der Waals surface area (Å²) in [7, 11) is 1.59. The van der Waals surface area contributed by atoms with Crippen LogP contribution in [0.15, 0.2) is 57.7 Å². The minimum Gasteiger partial charge on any atom is -0.461 e. The third-order valence-corrected chi connectivity index (χ3v) is 3.36. The van der Waals surface area contributed by atoms with Crippen molar-refractivity contribution >= 4 is 17.5 Å². The van der Waals surface area contributed by atoms with Crippen molar-refractivity contribution in [3.05, 3.63) is 60.0 Å². The molecule has 0 aliphatic carbocycles. The summed E-state index contributed by atoms with van der Waals surface area (Å²) < 4.78 is 10.3. The first-order valence-electron chi connectivity index (χ1n) is 7.27. The van der Waals surface area contributed by atoms with Crippen LogP contribution in [0.3, 0.4) is 0 Å². The molecule has 3 aromatic rings. The number of carbonyl (C=O) groups is 2. The van der Waals surface area contributed by atoms with Gasteiger partial charge in [-0.3, -0.25) is 9.59 Å². The zero-order chi connectivity index (χ0) is 16.9. The first kappa shape index (κ1) is 15.5. The number of likely N-dealkylation sites (N-methyl/N-ethyl adjacent to an activating group) is 1. The van der Waals surface area contributed by atoms with Gasteiger partial charge in [0, 0.05) is 18.8 Å². The average Bonchev–Trinajstić information content (AvgIpc) is 3.27. The van der Waals surface area contributed by atoms with E-state index in [-0.39, 0.29) is 11.6 Å². The number of carbonyl (C=O) groups excluding carboxylic acids is 2. The number of amides is 2. The predicted molar refractivity (Wildman–Crippen MR) is 86.4 cm³/mol. The number of aromatic nitrogens is 1. The second kappa shape index (κ2) is 6.82. The maximum absolute atomic E-state index is 12.2. The first-order valence-corrected chi connectivity index (χ1v) is 7.27. The predicted octanol–water partition coefficient (Wildman–Crippen LogP) is 2.48. The number of hydrogen-bond acceptors (Lipinski definition) is 5. The molecule has 0 radical (unpaired) electrons. The van der Waals surface area contributed by atoms with Gasteiger partial charge in [-0.05, 0) is 29.8 Å². The normalized spacial score (nSPS) is 10.4. The Bertz CT molecular complexity index is 835. The van der Waals surface area contributed by atoms with Crippen LogP contribution >= 0.6 is 0 Å². The molecule has 3 rings (SSSR count). The Morgan fingerprint density at radius 1 is 1.12 bits per heavy atom. The molecule has 0 fully saturated rings. The summed E-state index contributed by atoms with van der Waals surface area (Å²) in [5.74, 6) is 0.418. The zero-order valence-corrected chi connectivity index (χ0v) is 12.9. The van der Waals surface area contributed by atoms with Gasteiger partial charge in [0.15, 0.2) is 11.5 Å². The molecule has 2 N–H and O–H groups in total. The summed E-state index contributed by atoms with van der Waals surface area (Å²) >= 11 is 0. The number of benzene rings is 1. The smallest absolute Gasteiger partial charge is 0.277 e. The summed E-state index contributed by atoms with van der Waals surface area (Å²) in [5, 5.41) is 9.02. The van der Waals surface area contributed by atoms with Crippen molar-refractivity contribution in [1.82, 2.24) is 10.5 Å². The van der Waals surface area contributed by atoms with Gasteiger partial charge in [-0.15, -0.1) is 0 Å². The van der Waals surface area contributed by atoms with Crippen molar-refractivity contribution in [3.8, 4) is 11.5 Å². The van der Waals surface area contributed by atoms with E-state index in [0.717, 1.165) is 5.56 Å². The molecule has 1 aromatic carbocycles. The fraction of sp³-hybridized carbons (Fsp3) is 0.118. The van der Waals surface area contributed by atoms with Crippen molar-refractivity contribution in [2.75, 3.05) is 12.4 Å². The maximum atomic E-state index is 12.2. The van der Waals surface area contributed by atoms with Gasteiger partial charge >= 0.3 is 0 Å². The highest BCUT2D eigenvalue weighted by Gasteiger charge is 2.15. The third-order valence-electron chi connectivity index (χ3n) is 3.36. The molecule has 0 saturated heterocycles. The van der Waals surface area contributed by atoms with Crippen LogP contribution < -0.4 is 10.6 Å². The van der Waals surface area contributed by atoms with E-state index in [4.69, 9.17) is 8.94 Å². The van der Waals surface area contributed by atoms with Crippen LogP contribution in [0.1, 0.15) is 16.1 Å². The van der Waals surface area contributed by atoms with Crippen molar-refractivity contribution in [3.63, 3.8) is 0 Å². The van der Waals surface area contributed by atoms with E-state index in [9.17, 15) is 9.59 Å². The standard InChI is InChI=1S/C17H15N3O4/c1-18-16(21)9-11-4-6-12(7-5-11)19-17(22)13-10-15(24-20-13)14-3-2-8-23-14/h2-8,10H,9H2,1H3,(H,18,21)(H,19,22). The van der Waals surface area contributed by atoms with E-state index in [1.807, 2.05) is 0 Å². The summed E-state index contributed by atoms with van der Waals surface area (Å²) in [6.45, 7) is 0. The topological polar surface area (TPSA) is 97.4 Å². The molecular weight excluding hydrogens is 310 g/mol. The molecule has 0 aliphatic heterocycles. The largest absolute Gasteiger partial charge is 0.461 e. The highest BCUT2D eigenvalue weighted by Crippen LogP contribution is 2.21. The van der Waals surface area contributed by atoms with Crippen molar-refractivity contribution < 1.29 is 18.5 Å². The van der Waals surface area contributed by atoms with Crippen LogP contribution in [0.5, 0.6) is 0 Å². The van der Waals surface area contributed by atoms with Crippen molar-refractivity contribution in [1.29, 1.82) is 0 Å². The highest BCUT2D eigenvalue weighted by atomic mass is 16.5. The van der Waals surface area contributed by atoms with Crippen LogP contribution in [-0.4, -0.2) is 24.0 Å². The number of anilines is 1. The summed E-state index contributed by atoms with van der Waals surface area (Å²) in [5.41, 5.74) is 1.60. The van der Waals surface area contributed by atoms with Gasteiger partial charge < -0.3 is 19.6 Å². The molecule has 0 saturated carbocycles. The molecule has 0 aliphatic rings. The van der Waals surface area contributed by atoms with Gasteiger partial charge in [-0.1, -0.05) is 17.3 Å². The van der Waals surface area contributed by atoms with Crippen LogP contribution in [-0.2, 0) is 11.2 Å². The molecule has 7 heteroatoms. The number of nitrogens with one attached hydrogen (secondary N) is 2. The van der Waals surface area contributed by atoms with Gasteiger partial charge in [0.05, 0.1) is 12.7 Å². The lowest BCUT2D eigenvalue weighted by Gasteiger charge is -2.04. The van der Waals surface area contributed by atoms with E-state index in [1.54, 1.807) is 43.4 Å². The molecule has 2 aromatic heterocycles. The van der Waals surface area contributed by atoms with E-state index < -0.39 is 5.91 Å². The maximum Gasteiger partial charge on any atom is 0.277 e. The van der Waals surface area contributed by atoms with E-state index in [2.05, 4.69) is 15.8 Å². The monoisotopic (exact) mass is 325 g/mol. The molecule has 122 valence electrons. The molecule has 0 unspecified atom stereocenters. The Hall–Kier alpha value is -3.35. The Labute approximate surface area is 137 Å². The Morgan fingerprint density at radius 2 is 1.92 bits per heavy atom. The Balaban J connectivity index is 1.65. The summed E-state index contributed by atoms with van der Waals surface area (Å²) in [6.07, 6.45) is 1.80.